The second-order valence-electron chi connectivity index (χ2n) is 5.02. The molecule has 0 bridgehead atoms. The Labute approximate surface area is 124 Å². The van der Waals surface area contributed by atoms with E-state index in [1.165, 1.54) is 12.1 Å². The average molecular weight is 286 g/mol. The van der Waals surface area contributed by atoms with Crippen molar-refractivity contribution in [1.82, 2.24) is 0 Å². The molecule has 3 nitrogen and oxygen atoms in total. The lowest BCUT2D eigenvalue weighted by Crippen LogP contribution is -2.16. The number of hydrogen-bond donors (Lipinski definition) is 2. The van der Waals surface area contributed by atoms with E-state index in [1.807, 2.05) is 39.0 Å². The Kier molecular flexibility index (Phi) is 4.58. The summed E-state index contributed by atoms with van der Waals surface area (Å²) >= 11 is 0. The average Bonchev–Trinajstić information content (AvgIpc) is 2.40. The molecule has 0 atom stereocenters. The van der Waals surface area contributed by atoms with Gasteiger partial charge in [-0.05, 0) is 56.2 Å². The summed E-state index contributed by atoms with van der Waals surface area (Å²) in [5.74, 6) is -0.750. The van der Waals surface area contributed by atoms with Gasteiger partial charge in [0.05, 0.1) is 11.3 Å². The molecule has 0 heterocycles. The van der Waals surface area contributed by atoms with Gasteiger partial charge < -0.3 is 10.6 Å². The van der Waals surface area contributed by atoms with E-state index < -0.39 is 5.82 Å². The molecule has 2 N–H and O–H groups in total. The summed E-state index contributed by atoms with van der Waals surface area (Å²) in [4.78, 5) is 12.4. The van der Waals surface area contributed by atoms with Gasteiger partial charge in [-0.3, -0.25) is 4.79 Å². The van der Waals surface area contributed by atoms with Crippen LogP contribution in [0.15, 0.2) is 36.4 Å². The van der Waals surface area contributed by atoms with Crippen molar-refractivity contribution in [1.29, 1.82) is 0 Å². The maximum Gasteiger partial charge on any atom is 0.257 e. The van der Waals surface area contributed by atoms with Gasteiger partial charge in [-0.25, -0.2) is 4.39 Å². The standard InChI is InChI=1S/C17H19FN2O/c1-4-19-16-14(6-5-7-15(16)18)17(21)20-13-9-11(2)8-12(3)10-13/h5-10,19H,4H2,1-3H3,(H,20,21). The van der Waals surface area contributed by atoms with Gasteiger partial charge in [-0.1, -0.05) is 12.1 Å². The van der Waals surface area contributed by atoms with E-state index in [-0.39, 0.29) is 11.6 Å². The largest absolute Gasteiger partial charge is 0.382 e. The molecule has 2 rings (SSSR count). The molecular weight excluding hydrogens is 267 g/mol. The van der Waals surface area contributed by atoms with Gasteiger partial charge >= 0.3 is 0 Å². The van der Waals surface area contributed by atoms with Gasteiger partial charge in [0.1, 0.15) is 5.82 Å². The van der Waals surface area contributed by atoms with Crippen molar-refractivity contribution in [3.05, 3.63) is 58.9 Å². The Balaban J connectivity index is 2.30. The Morgan fingerprint density at radius 1 is 1.14 bits per heavy atom. The number of carbonyl (C=O) groups is 1. The summed E-state index contributed by atoms with van der Waals surface area (Å²) in [6, 6.07) is 10.3. The fourth-order valence-electron chi connectivity index (χ4n) is 2.32. The first-order valence-corrected chi connectivity index (χ1v) is 6.93. The predicted octanol–water partition coefficient (Wildman–Crippen LogP) is 4.13. The van der Waals surface area contributed by atoms with Gasteiger partial charge in [-0.2, -0.15) is 0 Å². The van der Waals surface area contributed by atoms with Crippen molar-refractivity contribution in [2.75, 3.05) is 17.2 Å². The molecule has 0 aliphatic rings. The second kappa shape index (κ2) is 6.39. The minimum Gasteiger partial charge on any atom is -0.382 e. The van der Waals surface area contributed by atoms with Crippen LogP contribution in [0.1, 0.15) is 28.4 Å². The number of halogens is 1. The Morgan fingerprint density at radius 3 is 2.43 bits per heavy atom. The summed E-state index contributed by atoms with van der Waals surface area (Å²) < 4.78 is 13.8. The molecule has 0 radical (unpaired) electrons. The molecule has 110 valence electrons. The van der Waals surface area contributed by atoms with Gasteiger partial charge in [0.25, 0.3) is 5.91 Å². The van der Waals surface area contributed by atoms with E-state index in [4.69, 9.17) is 0 Å². The lowest BCUT2D eigenvalue weighted by atomic mass is 10.1. The zero-order chi connectivity index (χ0) is 15.4. The first-order chi connectivity index (χ1) is 10.0. The number of benzene rings is 2. The molecule has 0 saturated carbocycles. The third-order valence-electron chi connectivity index (χ3n) is 3.09. The van der Waals surface area contributed by atoms with Crippen molar-refractivity contribution in [2.45, 2.75) is 20.8 Å². The van der Waals surface area contributed by atoms with Crippen LogP contribution in [0.5, 0.6) is 0 Å². The number of anilines is 2. The number of para-hydroxylation sites is 1. The first kappa shape index (κ1) is 15.0. The summed E-state index contributed by atoms with van der Waals surface area (Å²) in [7, 11) is 0. The van der Waals surface area contributed by atoms with Gasteiger partial charge in [0.2, 0.25) is 0 Å². The molecule has 0 unspecified atom stereocenters. The molecule has 2 aromatic carbocycles. The molecule has 0 fully saturated rings. The van der Waals surface area contributed by atoms with Gasteiger partial charge in [-0.15, -0.1) is 0 Å². The highest BCUT2D eigenvalue weighted by atomic mass is 19.1. The van der Waals surface area contributed by atoms with E-state index in [0.717, 1.165) is 11.1 Å². The second-order valence-corrected chi connectivity index (χ2v) is 5.02. The van der Waals surface area contributed by atoms with E-state index in [2.05, 4.69) is 10.6 Å². The van der Waals surface area contributed by atoms with Crippen LogP contribution < -0.4 is 10.6 Å². The fraction of sp³-hybridized carbons (Fsp3) is 0.235. The molecule has 21 heavy (non-hydrogen) atoms. The van der Waals surface area contributed by atoms with E-state index in [1.54, 1.807) is 6.07 Å². The molecular formula is C17H19FN2O. The summed E-state index contributed by atoms with van der Waals surface area (Å²) in [6.07, 6.45) is 0. The molecule has 0 spiro atoms. The van der Waals surface area contributed by atoms with Crippen LogP contribution in [0.3, 0.4) is 0 Å². The normalized spacial score (nSPS) is 10.3. The van der Waals surface area contributed by atoms with Gasteiger partial charge in [0, 0.05) is 12.2 Å². The van der Waals surface area contributed by atoms with Crippen molar-refractivity contribution >= 4 is 17.3 Å². The topological polar surface area (TPSA) is 41.1 Å². The van der Waals surface area contributed by atoms with Crippen molar-refractivity contribution in [3.63, 3.8) is 0 Å². The SMILES string of the molecule is CCNc1c(F)cccc1C(=O)Nc1cc(C)cc(C)c1. The number of carbonyl (C=O) groups excluding carboxylic acids is 1. The number of nitrogens with one attached hydrogen (secondary N) is 2. The Bertz CT molecular complexity index is 648. The molecule has 0 aliphatic carbocycles. The smallest absolute Gasteiger partial charge is 0.257 e. The number of hydrogen-bond acceptors (Lipinski definition) is 2. The summed E-state index contributed by atoms with van der Waals surface area (Å²) in [6.45, 7) is 6.34. The maximum absolute atomic E-state index is 13.8. The van der Waals surface area contributed by atoms with E-state index >= 15 is 0 Å². The number of aryl methyl sites for hydroxylation is 2. The van der Waals surface area contributed by atoms with E-state index in [9.17, 15) is 9.18 Å². The number of rotatable bonds is 4. The minimum absolute atomic E-state index is 0.238. The summed E-state index contributed by atoms with van der Waals surface area (Å²) in [5.41, 5.74) is 3.38. The Hall–Kier alpha value is -2.36. The van der Waals surface area contributed by atoms with Crippen molar-refractivity contribution in [2.24, 2.45) is 0 Å². The molecule has 0 aromatic heterocycles. The lowest BCUT2D eigenvalue weighted by Gasteiger charge is -2.12. The van der Waals surface area contributed by atoms with Crippen LogP contribution in [-0.4, -0.2) is 12.5 Å². The number of amides is 1. The minimum atomic E-state index is -0.426. The fourth-order valence-corrected chi connectivity index (χ4v) is 2.32. The Morgan fingerprint density at radius 2 is 1.81 bits per heavy atom. The zero-order valence-corrected chi connectivity index (χ0v) is 12.5. The quantitative estimate of drug-likeness (QED) is 0.887. The molecule has 1 amide bonds. The molecule has 0 saturated heterocycles. The highest BCUT2D eigenvalue weighted by Gasteiger charge is 2.14. The van der Waals surface area contributed by atoms with Crippen LogP contribution in [0.2, 0.25) is 0 Å². The van der Waals surface area contributed by atoms with Gasteiger partial charge in [0.15, 0.2) is 0 Å². The highest BCUT2D eigenvalue weighted by molar-refractivity contribution is 6.08. The van der Waals surface area contributed by atoms with Crippen LogP contribution in [-0.2, 0) is 0 Å². The molecule has 4 heteroatoms. The first-order valence-electron chi connectivity index (χ1n) is 6.93. The maximum atomic E-state index is 13.8. The van der Waals surface area contributed by atoms with Crippen LogP contribution >= 0.6 is 0 Å². The molecule has 0 aliphatic heterocycles. The monoisotopic (exact) mass is 286 g/mol. The van der Waals surface area contributed by atoms with Crippen LogP contribution in [0, 0.1) is 19.7 Å². The molecule has 2 aromatic rings. The van der Waals surface area contributed by atoms with E-state index in [0.29, 0.717) is 17.8 Å². The summed E-state index contributed by atoms with van der Waals surface area (Å²) in [5, 5.41) is 5.72. The predicted molar refractivity (Wildman–Crippen MR) is 84.4 cm³/mol. The highest BCUT2D eigenvalue weighted by Crippen LogP contribution is 2.22. The van der Waals surface area contributed by atoms with Crippen LogP contribution in [0.25, 0.3) is 0 Å². The third kappa shape index (κ3) is 3.60. The lowest BCUT2D eigenvalue weighted by molar-refractivity contribution is 0.102. The van der Waals surface area contributed by atoms with Crippen LogP contribution in [0.4, 0.5) is 15.8 Å². The third-order valence-corrected chi connectivity index (χ3v) is 3.09. The van der Waals surface area contributed by atoms with Crippen molar-refractivity contribution in [3.8, 4) is 0 Å². The zero-order valence-electron chi connectivity index (χ0n) is 12.5. The van der Waals surface area contributed by atoms with Crippen molar-refractivity contribution < 1.29 is 9.18 Å².